The van der Waals surface area contributed by atoms with Crippen molar-refractivity contribution in [1.29, 1.82) is 0 Å². The molecule has 1 aromatic rings. The van der Waals surface area contributed by atoms with Gasteiger partial charge < -0.3 is 14.6 Å². The van der Waals surface area contributed by atoms with Gasteiger partial charge in [0.05, 0.1) is 25.4 Å². The Bertz CT molecular complexity index is 377. The van der Waals surface area contributed by atoms with Gasteiger partial charge in [0.2, 0.25) is 0 Å². The van der Waals surface area contributed by atoms with Crippen LogP contribution in [0.15, 0.2) is 24.3 Å². The molecule has 0 aromatic heterocycles. The molecular weight excluding hydrogens is 216 g/mol. The highest BCUT2D eigenvalue weighted by Gasteiger charge is 2.36. The number of rotatable bonds is 3. The lowest BCUT2D eigenvalue weighted by Gasteiger charge is -2.37. The average Bonchev–Trinajstić information content (AvgIpc) is 2.39. The van der Waals surface area contributed by atoms with Gasteiger partial charge in [-0.2, -0.15) is 0 Å². The van der Waals surface area contributed by atoms with Crippen LogP contribution in [0, 0.1) is 0 Å². The second kappa shape index (κ2) is 5.07. The molecule has 0 bridgehead atoms. The molecule has 2 unspecified atom stereocenters. The van der Waals surface area contributed by atoms with Gasteiger partial charge >= 0.3 is 0 Å². The zero-order chi connectivity index (χ0) is 12.3. The number of hydrogen-bond donors (Lipinski definition) is 1. The van der Waals surface area contributed by atoms with E-state index in [1.165, 1.54) is 0 Å². The summed E-state index contributed by atoms with van der Waals surface area (Å²) < 4.78 is 10.8. The highest BCUT2D eigenvalue weighted by Crippen LogP contribution is 2.36. The van der Waals surface area contributed by atoms with Crippen LogP contribution in [-0.2, 0) is 10.3 Å². The van der Waals surface area contributed by atoms with Gasteiger partial charge in [-0.25, -0.2) is 0 Å². The molecule has 2 rings (SSSR count). The van der Waals surface area contributed by atoms with Crippen molar-refractivity contribution in [2.24, 2.45) is 0 Å². The number of benzene rings is 1. The first-order valence-corrected chi connectivity index (χ1v) is 6.16. The molecule has 0 spiro atoms. The van der Waals surface area contributed by atoms with E-state index in [1.54, 1.807) is 7.11 Å². The molecule has 1 heterocycles. The van der Waals surface area contributed by atoms with Crippen LogP contribution >= 0.6 is 0 Å². The lowest BCUT2D eigenvalue weighted by molar-refractivity contribution is -0.108. The summed E-state index contributed by atoms with van der Waals surface area (Å²) in [6, 6.07) is 7.69. The van der Waals surface area contributed by atoms with Gasteiger partial charge in [-0.05, 0) is 24.1 Å². The number of aliphatic hydroxyl groups is 1. The first-order valence-electron chi connectivity index (χ1n) is 6.16. The SMILES string of the molecule is CCC1CC(O)(c2cccc(OC)c2)CCO1. The van der Waals surface area contributed by atoms with E-state index in [1.807, 2.05) is 24.3 Å². The van der Waals surface area contributed by atoms with Gasteiger partial charge in [-0.1, -0.05) is 19.1 Å². The Labute approximate surface area is 102 Å². The molecular formula is C14H20O3. The second-order valence-corrected chi connectivity index (χ2v) is 4.62. The fourth-order valence-corrected chi connectivity index (χ4v) is 2.37. The van der Waals surface area contributed by atoms with Gasteiger partial charge in [-0.15, -0.1) is 0 Å². The molecule has 1 N–H and O–H groups in total. The lowest BCUT2D eigenvalue weighted by atomic mass is 9.83. The van der Waals surface area contributed by atoms with Crippen LogP contribution in [0.5, 0.6) is 5.75 Å². The Morgan fingerprint density at radius 2 is 2.35 bits per heavy atom. The van der Waals surface area contributed by atoms with Crippen molar-refractivity contribution >= 4 is 0 Å². The fourth-order valence-electron chi connectivity index (χ4n) is 2.37. The average molecular weight is 236 g/mol. The van der Waals surface area contributed by atoms with Crippen molar-refractivity contribution in [3.63, 3.8) is 0 Å². The Morgan fingerprint density at radius 3 is 3.06 bits per heavy atom. The van der Waals surface area contributed by atoms with Gasteiger partial charge in [0.1, 0.15) is 5.75 Å². The molecule has 1 fully saturated rings. The van der Waals surface area contributed by atoms with Crippen molar-refractivity contribution in [2.45, 2.75) is 37.9 Å². The molecule has 0 aliphatic carbocycles. The van der Waals surface area contributed by atoms with E-state index in [0.717, 1.165) is 17.7 Å². The molecule has 3 heteroatoms. The Balaban J connectivity index is 2.23. The van der Waals surface area contributed by atoms with Crippen LogP contribution in [0.25, 0.3) is 0 Å². The quantitative estimate of drug-likeness (QED) is 0.876. The summed E-state index contributed by atoms with van der Waals surface area (Å²) in [5, 5.41) is 10.7. The third-order valence-corrected chi connectivity index (χ3v) is 3.50. The topological polar surface area (TPSA) is 38.7 Å². The van der Waals surface area contributed by atoms with Crippen molar-refractivity contribution in [2.75, 3.05) is 13.7 Å². The minimum absolute atomic E-state index is 0.153. The monoisotopic (exact) mass is 236 g/mol. The van der Waals surface area contributed by atoms with Crippen molar-refractivity contribution in [3.8, 4) is 5.75 Å². The van der Waals surface area contributed by atoms with Crippen LogP contribution in [0.3, 0.4) is 0 Å². The summed E-state index contributed by atoms with van der Waals surface area (Å²) in [4.78, 5) is 0. The van der Waals surface area contributed by atoms with E-state index in [0.29, 0.717) is 19.4 Å². The zero-order valence-electron chi connectivity index (χ0n) is 10.5. The van der Waals surface area contributed by atoms with E-state index in [-0.39, 0.29) is 6.10 Å². The Kier molecular flexibility index (Phi) is 3.69. The number of ether oxygens (including phenoxy) is 2. The molecule has 2 atom stereocenters. The third-order valence-electron chi connectivity index (χ3n) is 3.50. The largest absolute Gasteiger partial charge is 0.497 e. The lowest BCUT2D eigenvalue weighted by Crippen LogP contribution is -2.38. The predicted molar refractivity (Wildman–Crippen MR) is 66.2 cm³/mol. The summed E-state index contributed by atoms with van der Waals surface area (Å²) >= 11 is 0. The van der Waals surface area contributed by atoms with Crippen LogP contribution in [0.2, 0.25) is 0 Å². The van der Waals surface area contributed by atoms with Gasteiger partial charge in [-0.3, -0.25) is 0 Å². The molecule has 1 aromatic carbocycles. The van der Waals surface area contributed by atoms with E-state index in [4.69, 9.17) is 9.47 Å². The third kappa shape index (κ3) is 2.61. The molecule has 0 saturated carbocycles. The summed E-state index contributed by atoms with van der Waals surface area (Å²) in [5.41, 5.74) is 0.159. The van der Waals surface area contributed by atoms with E-state index >= 15 is 0 Å². The molecule has 0 amide bonds. The van der Waals surface area contributed by atoms with E-state index in [2.05, 4.69) is 6.92 Å². The fraction of sp³-hybridized carbons (Fsp3) is 0.571. The molecule has 1 aliphatic heterocycles. The number of methoxy groups -OCH3 is 1. The van der Waals surface area contributed by atoms with Crippen molar-refractivity contribution < 1.29 is 14.6 Å². The number of hydrogen-bond acceptors (Lipinski definition) is 3. The van der Waals surface area contributed by atoms with Gasteiger partial charge in [0.25, 0.3) is 0 Å². The maximum Gasteiger partial charge on any atom is 0.119 e. The zero-order valence-corrected chi connectivity index (χ0v) is 10.5. The van der Waals surface area contributed by atoms with Crippen LogP contribution in [0.1, 0.15) is 31.7 Å². The highest BCUT2D eigenvalue weighted by atomic mass is 16.5. The first-order chi connectivity index (χ1) is 8.18. The normalized spacial score (nSPS) is 29.0. The Hall–Kier alpha value is -1.06. The van der Waals surface area contributed by atoms with E-state index < -0.39 is 5.60 Å². The first kappa shape index (κ1) is 12.4. The molecule has 94 valence electrons. The Morgan fingerprint density at radius 1 is 1.53 bits per heavy atom. The summed E-state index contributed by atoms with van der Waals surface area (Å²) in [5.74, 6) is 0.787. The minimum Gasteiger partial charge on any atom is -0.497 e. The van der Waals surface area contributed by atoms with E-state index in [9.17, 15) is 5.11 Å². The minimum atomic E-state index is -0.770. The predicted octanol–water partition coefficient (Wildman–Crippen LogP) is 2.47. The van der Waals surface area contributed by atoms with Crippen molar-refractivity contribution in [1.82, 2.24) is 0 Å². The molecule has 1 aliphatic rings. The molecule has 0 radical (unpaired) electrons. The summed E-state index contributed by atoms with van der Waals surface area (Å²) in [6.45, 7) is 2.70. The van der Waals surface area contributed by atoms with Gasteiger partial charge in [0, 0.05) is 12.8 Å². The van der Waals surface area contributed by atoms with Gasteiger partial charge in [0.15, 0.2) is 0 Å². The molecule has 17 heavy (non-hydrogen) atoms. The van der Waals surface area contributed by atoms with Crippen LogP contribution in [-0.4, -0.2) is 24.9 Å². The summed E-state index contributed by atoms with van der Waals surface area (Å²) in [6.07, 6.45) is 2.40. The second-order valence-electron chi connectivity index (χ2n) is 4.62. The molecule has 3 nitrogen and oxygen atoms in total. The highest BCUT2D eigenvalue weighted by molar-refractivity contribution is 5.32. The van der Waals surface area contributed by atoms with Crippen LogP contribution in [0.4, 0.5) is 0 Å². The molecule has 1 saturated heterocycles. The maximum atomic E-state index is 10.7. The standard InChI is InChI=1S/C14H20O3/c1-3-12-10-14(15,7-8-17-12)11-5-4-6-13(9-11)16-2/h4-6,9,12,15H,3,7-8,10H2,1-2H3. The van der Waals surface area contributed by atoms with Crippen molar-refractivity contribution in [3.05, 3.63) is 29.8 Å². The smallest absolute Gasteiger partial charge is 0.119 e. The van der Waals surface area contributed by atoms with Crippen LogP contribution < -0.4 is 4.74 Å². The maximum absolute atomic E-state index is 10.7. The summed E-state index contributed by atoms with van der Waals surface area (Å²) in [7, 11) is 1.64.